The number of nitrogens with zero attached hydrogens (tertiary/aromatic N) is 1. The van der Waals surface area contributed by atoms with E-state index in [1.165, 1.54) is 6.07 Å². The van der Waals surface area contributed by atoms with Crippen molar-refractivity contribution in [3.05, 3.63) is 90.7 Å². The molecule has 4 aromatic rings. The van der Waals surface area contributed by atoms with Crippen LogP contribution in [0.15, 0.2) is 89.5 Å². The van der Waals surface area contributed by atoms with Crippen molar-refractivity contribution in [2.24, 2.45) is 5.92 Å². The zero-order valence-corrected chi connectivity index (χ0v) is 20.3. The van der Waals surface area contributed by atoms with Gasteiger partial charge in [-0.25, -0.2) is 9.59 Å². The summed E-state index contributed by atoms with van der Waals surface area (Å²) < 4.78 is 5.12. The van der Waals surface area contributed by atoms with Crippen molar-refractivity contribution < 1.29 is 24.0 Å². The van der Waals surface area contributed by atoms with E-state index in [0.717, 1.165) is 11.1 Å². The molecule has 0 radical (unpaired) electrons. The van der Waals surface area contributed by atoms with Crippen LogP contribution in [0.3, 0.4) is 0 Å². The molecule has 0 aliphatic carbocycles. The summed E-state index contributed by atoms with van der Waals surface area (Å²) >= 11 is 0. The summed E-state index contributed by atoms with van der Waals surface area (Å²) in [5.41, 5.74) is 4.18. The number of carbonyl (C=O) groups is 3. The number of carboxylic acids is 1. The van der Waals surface area contributed by atoms with Crippen LogP contribution < -0.4 is 16.0 Å². The number of aliphatic carboxylic acids is 1. The van der Waals surface area contributed by atoms with Crippen molar-refractivity contribution >= 4 is 29.3 Å². The minimum atomic E-state index is -1.13. The maximum absolute atomic E-state index is 12.6. The van der Waals surface area contributed by atoms with Gasteiger partial charge in [-0.1, -0.05) is 79.7 Å². The summed E-state index contributed by atoms with van der Waals surface area (Å²) in [7, 11) is 0. The number of anilines is 2. The number of para-hydroxylation sites is 1. The van der Waals surface area contributed by atoms with Crippen LogP contribution in [0.4, 0.5) is 16.2 Å². The number of rotatable bonds is 8. The fraction of sp³-hybridized carbons (Fsp3) is 0.143. The van der Waals surface area contributed by atoms with E-state index < -0.39 is 23.9 Å². The minimum Gasteiger partial charge on any atom is -0.480 e. The van der Waals surface area contributed by atoms with E-state index >= 15 is 0 Å². The number of carbonyl (C=O) groups excluding carboxylic acids is 2. The van der Waals surface area contributed by atoms with Gasteiger partial charge in [-0.2, -0.15) is 0 Å². The Hall–Kier alpha value is -4.92. The van der Waals surface area contributed by atoms with Gasteiger partial charge < -0.3 is 25.6 Å². The van der Waals surface area contributed by atoms with Gasteiger partial charge >= 0.3 is 12.0 Å². The van der Waals surface area contributed by atoms with Crippen molar-refractivity contribution in [2.75, 3.05) is 10.6 Å². The highest BCUT2D eigenvalue weighted by atomic mass is 16.5. The first-order valence-electron chi connectivity index (χ1n) is 11.6. The van der Waals surface area contributed by atoms with Gasteiger partial charge in [-0.05, 0) is 29.7 Å². The largest absolute Gasteiger partial charge is 0.480 e. The molecule has 3 amide bonds. The molecule has 0 saturated heterocycles. The molecule has 37 heavy (non-hydrogen) atoms. The molecular weight excluding hydrogens is 472 g/mol. The maximum Gasteiger partial charge on any atom is 0.326 e. The van der Waals surface area contributed by atoms with Crippen LogP contribution in [-0.4, -0.2) is 34.2 Å². The Kier molecular flexibility index (Phi) is 7.63. The molecule has 0 bridgehead atoms. The van der Waals surface area contributed by atoms with Crippen LogP contribution in [-0.2, 0) is 4.79 Å². The first-order valence-corrected chi connectivity index (χ1v) is 11.6. The third-order valence-electron chi connectivity index (χ3n) is 5.65. The van der Waals surface area contributed by atoms with Gasteiger partial charge in [0.2, 0.25) is 5.76 Å². The Morgan fingerprint density at radius 2 is 1.51 bits per heavy atom. The lowest BCUT2D eigenvalue weighted by Gasteiger charge is -2.16. The number of urea groups is 1. The molecule has 0 spiro atoms. The van der Waals surface area contributed by atoms with E-state index in [0.29, 0.717) is 22.6 Å². The zero-order valence-electron chi connectivity index (χ0n) is 20.3. The van der Waals surface area contributed by atoms with Crippen molar-refractivity contribution in [3.8, 4) is 22.4 Å². The molecule has 1 atom stereocenters. The predicted octanol–water partition coefficient (Wildman–Crippen LogP) is 5.49. The van der Waals surface area contributed by atoms with E-state index in [4.69, 9.17) is 4.52 Å². The second-order valence-corrected chi connectivity index (χ2v) is 8.68. The van der Waals surface area contributed by atoms with Crippen molar-refractivity contribution in [3.63, 3.8) is 0 Å². The third-order valence-corrected chi connectivity index (χ3v) is 5.65. The highest BCUT2D eigenvalue weighted by molar-refractivity contribution is 6.02. The number of carboxylic acid groups (broad SMARTS) is 1. The Bertz CT molecular complexity index is 1400. The fourth-order valence-corrected chi connectivity index (χ4v) is 3.71. The summed E-state index contributed by atoms with van der Waals surface area (Å²) in [6, 6.07) is 24.2. The van der Waals surface area contributed by atoms with Gasteiger partial charge in [-0.3, -0.25) is 4.79 Å². The SMILES string of the molecule is CC(C)C(NC(=O)c1cc(-c2ccc(NC(=O)Nc3ccccc3-c3ccccc3)cc2)no1)C(=O)O. The first-order chi connectivity index (χ1) is 17.8. The molecule has 188 valence electrons. The number of amides is 3. The van der Waals surface area contributed by atoms with Crippen molar-refractivity contribution in [1.29, 1.82) is 0 Å². The molecule has 0 aliphatic rings. The minimum absolute atomic E-state index is 0.0967. The van der Waals surface area contributed by atoms with Crippen LogP contribution in [0.1, 0.15) is 24.4 Å². The van der Waals surface area contributed by atoms with E-state index in [-0.39, 0.29) is 11.7 Å². The monoisotopic (exact) mass is 498 g/mol. The van der Waals surface area contributed by atoms with E-state index in [9.17, 15) is 19.5 Å². The standard InChI is InChI=1S/C28H26N4O5/c1-17(2)25(27(34)35)31-26(33)24-16-23(32-37-24)19-12-14-20(15-13-19)29-28(36)30-22-11-7-6-10-21(22)18-8-4-3-5-9-18/h3-17,25H,1-2H3,(H,31,33)(H,34,35)(H2,29,30,36). The molecular formula is C28H26N4O5. The average Bonchev–Trinajstić information content (AvgIpc) is 3.38. The summed E-state index contributed by atoms with van der Waals surface area (Å²) in [5, 5.41) is 21.3. The predicted molar refractivity (Wildman–Crippen MR) is 140 cm³/mol. The van der Waals surface area contributed by atoms with E-state index in [1.54, 1.807) is 38.1 Å². The topological polar surface area (TPSA) is 134 Å². The Morgan fingerprint density at radius 3 is 2.19 bits per heavy atom. The summed E-state index contributed by atoms with van der Waals surface area (Å²) in [4.78, 5) is 36.4. The first kappa shape index (κ1) is 25.2. The van der Waals surface area contributed by atoms with Gasteiger partial charge in [0.15, 0.2) is 0 Å². The molecule has 4 N–H and O–H groups in total. The third kappa shape index (κ3) is 6.21. The van der Waals surface area contributed by atoms with Gasteiger partial charge in [-0.15, -0.1) is 0 Å². The van der Waals surface area contributed by atoms with Crippen molar-refractivity contribution in [2.45, 2.75) is 19.9 Å². The highest BCUT2D eigenvalue weighted by Gasteiger charge is 2.26. The zero-order chi connectivity index (χ0) is 26.4. The van der Waals surface area contributed by atoms with Gasteiger partial charge in [0.25, 0.3) is 5.91 Å². The number of benzene rings is 3. The van der Waals surface area contributed by atoms with E-state index in [1.807, 2.05) is 54.6 Å². The van der Waals surface area contributed by atoms with Crippen molar-refractivity contribution in [1.82, 2.24) is 10.5 Å². The van der Waals surface area contributed by atoms with Crippen LogP contribution in [0.25, 0.3) is 22.4 Å². The quantitative estimate of drug-likeness (QED) is 0.254. The number of hydrogen-bond acceptors (Lipinski definition) is 5. The van der Waals surface area contributed by atoms with Gasteiger partial charge in [0.1, 0.15) is 11.7 Å². The normalized spacial score (nSPS) is 11.5. The van der Waals surface area contributed by atoms with Crippen LogP contribution in [0, 0.1) is 5.92 Å². The lowest BCUT2D eigenvalue weighted by atomic mass is 10.0. The average molecular weight is 499 g/mol. The molecule has 9 nitrogen and oxygen atoms in total. The molecule has 4 rings (SSSR count). The maximum atomic E-state index is 12.6. The Labute approximate surface area is 213 Å². The lowest BCUT2D eigenvalue weighted by molar-refractivity contribution is -0.140. The summed E-state index contributed by atoms with van der Waals surface area (Å²) in [5.74, 6) is -2.18. The van der Waals surface area contributed by atoms with E-state index in [2.05, 4.69) is 21.1 Å². The molecule has 0 fully saturated rings. The highest BCUT2D eigenvalue weighted by Crippen LogP contribution is 2.28. The molecule has 1 aromatic heterocycles. The lowest BCUT2D eigenvalue weighted by Crippen LogP contribution is -2.44. The second kappa shape index (κ2) is 11.2. The smallest absolute Gasteiger partial charge is 0.326 e. The molecule has 0 aliphatic heterocycles. The molecule has 9 heteroatoms. The fourth-order valence-electron chi connectivity index (χ4n) is 3.71. The summed E-state index contributed by atoms with van der Waals surface area (Å²) in [6.07, 6.45) is 0. The van der Waals surface area contributed by atoms with Crippen LogP contribution in [0.5, 0.6) is 0 Å². The molecule has 1 unspecified atom stereocenters. The molecule has 3 aromatic carbocycles. The van der Waals surface area contributed by atoms with Crippen LogP contribution in [0.2, 0.25) is 0 Å². The van der Waals surface area contributed by atoms with Gasteiger partial charge in [0, 0.05) is 22.9 Å². The number of nitrogens with one attached hydrogen (secondary N) is 3. The molecule has 0 saturated carbocycles. The second-order valence-electron chi connectivity index (χ2n) is 8.68. The molecule has 1 heterocycles. The Balaban J connectivity index is 1.40. The number of aromatic nitrogens is 1. The van der Waals surface area contributed by atoms with Gasteiger partial charge in [0.05, 0.1) is 5.69 Å². The number of hydrogen-bond donors (Lipinski definition) is 4. The summed E-state index contributed by atoms with van der Waals surface area (Å²) in [6.45, 7) is 3.39. The Morgan fingerprint density at radius 1 is 0.838 bits per heavy atom. The van der Waals surface area contributed by atoms with Crippen LogP contribution >= 0.6 is 0 Å².